The van der Waals surface area contributed by atoms with Crippen molar-refractivity contribution in [2.45, 2.75) is 19.4 Å². The molecule has 1 aromatic carbocycles. The fraction of sp³-hybridized carbons (Fsp3) is 0.333. The molecule has 0 aliphatic carbocycles. The highest BCUT2D eigenvalue weighted by Gasteiger charge is 2.16. The first-order chi connectivity index (χ1) is 6.52. The van der Waals surface area contributed by atoms with Crippen LogP contribution in [0.25, 0.3) is 0 Å². The van der Waals surface area contributed by atoms with E-state index in [1.165, 1.54) is 6.07 Å². The molecule has 0 fully saturated rings. The van der Waals surface area contributed by atoms with E-state index in [1.54, 1.807) is 12.1 Å². The number of hydrogen-bond donors (Lipinski definition) is 1. The van der Waals surface area contributed by atoms with Crippen molar-refractivity contribution in [2.75, 3.05) is 0 Å². The van der Waals surface area contributed by atoms with Crippen LogP contribution in [-0.2, 0) is 6.42 Å². The van der Waals surface area contributed by atoms with Crippen LogP contribution >= 0.6 is 15.9 Å². The van der Waals surface area contributed by atoms with Crippen molar-refractivity contribution in [3.8, 4) is 0 Å². The SMILES string of the molecule is C[C@H](N)Cc1c(Br)cccc1[N+](=O)[O-]. The highest BCUT2D eigenvalue weighted by atomic mass is 79.9. The first kappa shape index (κ1) is 11.1. The maximum atomic E-state index is 10.7. The van der Waals surface area contributed by atoms with Crippen molar-refractivity contribution < 1.29 is 4.92 Å². The van der Waals surface area contributed by atoms with Crippen molar-refractivity contribution in [2.24, 2.45) is 5.73 Å². The molecule has 4 nitrogen and oxygen atoms in total. The third-order valence-electron chi connectivity index (χ3n) is 1.82. The first-order valence-corrected chi connectivity index (χ1v) is 4.99. The molecule has 0 aliphatic rings. The molecule has 0 amide bonds. The Morgan fingerprint density at radius 1 is 1.64 bits per heavy atom. The molecule has 76 valence electrons. The van der Waals surface area contributed by atoms with Crippen LogP contribution in [0.4, 0.5) is 5.69 Å². The van der Waals surface area contributed by atoms with Gasteiger partial charge >= 0.3 is 0 Å². The van der Waals surface area contributed by atoms with Crippen LogP contribution in [0.1, 0.15) is 12.5 Å². The molecular formula is C9H11BrN2O2. The number of hydrogen-bond acceptors (Lipinski definition) is 3. The Morgan fingerprint density at radius 2 is 2.29 bits per heavy atom. The van der Waals surface area contributed by atoms with Crippen LogP contribution in [0.5, 0.6) is 0 Å². The predicted molar refractivity (Wildman–Crippen MR) is 58.1 cm³/mol. The molecule has 0 unspecified atom stereocenters. The topological polar surface area (TPSA) is 69.2 Å². The summed E-state index contributed by atoms with van der Waals surface area (Å²) in [5, 5.41) is 10.7. The van der Waals surface area contributed by atoms with Crippen LogP contribution in [0, 0.1) is 10.1 Å². The quantitative estimate of drug-likeness (QED) is 0.668. The van der Waals surface area contributed by atoms with Crippen molar-refractivity contribution in [1.82, 2.24) is 0 Å². The van der Waals surface area contributed by atoms with Gasteiger partial charge < -0.3 is 5.73 Å². The highest BCUT2D eigenvalue weighted by Crippen LogP contribution is 2.27. The number of nitrogens with zero attached hydrogens (tertiary/aromatic N) is 1. The van der Waals surface area contributed by atoms with Gasteiger partial charge in [0, 0.05) is 22.1 Å². The van der Waals surface area contributed by atoms with E-state index in [-0.39, 0.29) is 16.7 Å². The van der Waals surface area contributed by atoms with Crippen LogP contribution in [0.15, 0.2) is 22.7 Å². The predicted octanol–water partition coefficient (Wildman–Crippen LogP) is 2.25. The number of nitro groups is 1. The van der Waals surface area contributed by atoms with E-state index < -0.39 is 0 Å². The molecule has 2 N–H and O–H groups in total. The zero-order valence-corrected chi connectivity index (χ0v) is 9.32. The maximum absolute atomic E-state index is 10.7. The Kier molecular flexibility index (Phi) is 3.60. The minimum atomic E-state index is -0.386. The van der Waals surface area contributed by atoms with Gasteiger partial charge in [0.2, 0.25) is 0 Å². The van der Waals surface area contributed by atoms with Gasteiger partial charge in [0.1, 0.15) is 0 Å². The summed E-state index contributed by atoms with van der Waals surface area (Å²) >= 11 is 3.28. The van der Waals surface area contributed by atoms with Crippen LogP contribution < -0.4 is 5.73 Å². The van der Waals surface area contributed by atoms with Crippen molar-refractivity contribution in [3.05, 3.63) is 38.3 Å². The molecule has 14 heavy (non-hydrogen) atoms. The average molecular weight is 259 g/mol. The average Bonchev–Trinajstić information content (AvgIpc) is 2.07. The zero-order chi connectivity index (χ0) is 10.7. The van der Waals surface area contributed by atoms with E-state index in [0.29, 0.717) is 12.0 Å². The molecule has 0 heterocycles. The van der Waals surface area contributed by atoms with Gasteiger partial charge in [-0.3, -0.25) is 10.1 Å². The molecule has 0 aliphatic heterocycles. The zero-order valence-electron chi connectivity index (χ0n) is 7.74. The Balaban J connectivity index is 3.15. The molecule has 5 heteroatoms. The molecule has 1 aromatic rings. The number of halogens is 1. The summed E-state index contributed by atoms with van der Waals surface area (Å²) in [4.78, 5) is 10.3. The van der Waals surface area contributed by atoms with E-state index in [2.05, 4.69) is 15.9 Å². The summed E-state index contributed by atoms with van der Waals surface area (Å²) < 4.78 is 0.740. The minimum absolute atomic E-state index is 0.0904. The summed E-state index contributed by atoms with van der Waals surface area (Å²) in [5.41, 5.74) is 6.40. The molecule has 1 atom stereocenters. The van der Waals surface area contributed by atoms with Crippen molar-refractivity contribution in [1.29, 1.82) is 0 Å². The second kappa shape index (κ2) is 4.52. The van der Waals surface area contributed by atoms with E-state index in [4.69, 9.17) is 5.73 Å². The molecule has 0 saturated carbocycles. The monoisotopic (exact) mass is 258 g/mol. The molecule has 0 aromatic heterocycles. The lowest BCUT2D eigenvalue weighted by Gasteiger charge is -2.07. The van der Waals surface area contributed by atoms with E-state index in [0.717, 1.165) is 4.47 Å². The van der Waals surface area contributed by atoms with E-state index >= 15 is 0 Å². The number of rotatable bonds is 3. The second-order valence-electron chi connectivity index (χ2n) is 3.18. The third-order valence-corrected chi connectivity index (χ3v) is 2.56. The third kappa shape index (κ3) is 2.52. The number of nitrogens with two attached hydrogens (primary N) is 1. The van der Waals surface area contributed by atoms with Gasteiger partial charge in [-0.15, -0.1) is 0 Å². The standard InChI is InChI=1S/C9H11BrN2O2/c1-6(11)5-7-8(10)3-2-4-9(7)12(13)14/h2-4,6H,5,11H2,1H3/t6-/m0/s1. The fourth-order valence-electron chi connectivity index (χ4n) is 1.24. The van der Waals surface area contributed by atoms with Crippen molar-refractivity contribution in [3.63, 3.8) is 0 Å². The van der Waals surface area contributed by atoms with Gasteiger partial charge in [-0.1, -0.05) is 22.0 Å². The van der Waals surface area contributed by atoms with Crippen LogP contribution in [0.2, 0.25) is 0 Å². The van der Waals surface area contributed by atoms with Gasteiger partial charge in [-0.2, -0.15) is 0 Å². The highest BCUT2D eigenvalue weighted by molar-refractivity contribution is 9.10. The lowest BCUT2D eigenvalue weighted by Crippen LogP contribution is -2.18. The summed E-state index contributed by atoms with van der Waals surface area (Å²) in [5.74, 6) is 0. The van der Waals surface area contributed by atoms with E-state index in [9.17, 15) is 10.1 Å². The lowest BCUT2D eigenvalue weighted by molar-refractivity contribution is -0.385. The normalized spacial score (nSPS) is 12.5. The number of nitro benzene ring substituents is 1. The van der Waals surface area contributed by atoms with Gasteiger partial charge in [0.05, 0.1) is 4.92 Å². The van der Waals surface area contributed by atoms with Crippen LogP contribution in [-0.4, -0.2) is 11.0 Å². The molecular weight excluding hydrogens is 248 g/mol. The molecule has 0 saturated heterocycles. The van der Waals surface area contributed by atoms with Crippen molar-refractivity contribution >= 4 is 21.6 Å². The largest absolute Gasteiger partial charge is 0.328 e. The Hall–Kier alpha value is -0.940. The maximum Gasteiger partial charge on any atom is 0.273 e. The Morgan fingerprint density at radius 3 is 2.79 bits per heavy atom. The summed E-state index contributed by atoms with van der Waals surface area (Å²) in [6.45, 7) is 1.82. The smallest absolute Gasteiger partial charge is 0.273 e. The summed E-state index contributed by atoms with van der Waals surface area (Å²) in [6, 6.07) is 4.83. The first-order valence-electron chi connectivity index (χ1n) is 4.19. The molecule has 0 spiro atoms. The van der Waals surface area contributed by atoms with Crippen LogP contribution in [0.3, 0.4) is 0 Å². The van der Waals surface area contributed by atoms with Gasteiger partial charge in [0.25, 0.3) is 5.69 Å². The Bertz CT molecular complexity index is 353. The second-order valence-corrected chi connectivity index (χ2v) is 4.03. The molecule has 1 rings (SSSR count). The van der Waals surface area contributed by atoms with Gasteiger partial charge in [0.15, 0.2) is 0 Å². The van der Waals surface area contributed by atoms with Gasteiger partial charge in [-0.05, 0) is 19.4 Å². The Labute approximate surface area is 90.4 Å². The fourth-order valence-corrected chi connectivity index (χ4v) is 1.76. The number of benzene rings is 1. The van der Waals surface area contributed by atoms with Gasteiger partial charge in [-0.25, -0.2) is 0 Å². The molecule has 0 radical (unpaired) electrons. The van der Waals surface area contributed by atoms with E-state index in [1.807, 2.05) is 6.92 Å². The minimum Gasteiger partial charge on any atom is -0.328 e. The summed E-state index contributed by atoms with van der Waals surface area (Å²) in [7, 11) is 0. The summed E-state index contributed by atoms with van der Waals surface area (Å²) in [6.07, 6.45) is 0.498. The molecule has 0 bridgehead atoms. The lowest BCUT2D eigenvalue weighted by atomic mass is 10.1.